The third-order valence-electron chi connectivity index (χ3n) is 4.72. The summed E-state index contributed by atoms with van der Waals surface area (Å²) >= 11 is 1.70. The molecule has 130 valence electrons. The van der Waals surface area contributed by atoms with Crippen molar-refractivity contribution in [3.05, 3.63) is 46.2 Å². The Morgan fingerprint density at radius 3 is 2.58 bits per heavy atom. The molecule has 2 heterocycles. The Hall–Kier alpha value is -1.37. The molecule has 1 fully saturated rings. The van der Waals surface area contributed by atoms with Crippen LogP contribution in [0.4, 0.5) is 0 Å². The second-order valence-corrected chi connectivity index (χ2v) is 8.76. The monoisotopic (exact) mass is 365 g/mol. The van der Waals surface area contributed by atoms with Crippen molar-refractivity contribution in [2.24, 2.45) is 0 Å². The Morgan fingerprint density at radius 2 is 2.00 bits per heavy atom. The molecule has 24 heavy (non-hydrogen) atoms. The summed E-state index contributed by atoms with van der Waals surface area (Å²) in [6, 6.07) is 7.57. The van der Waals surface area contributed by atoms with Crippen molar-refractivity contribution >= 4 is 21.4 Å². The largest absolute Gasteiger partial charge is 0.495 e. The normalized spacial score (nSPS) is 17.1. The predicted octanol–water partition coefficient (Wildman–Crippen LogP) is 3.89. The summed E-state index contributed by atoms with van der Waals surface area (Å²) in [5.74, 6) is 0.888. The lowest BCUT2D eigenvalue weighted by atomic mass is 9.92. The number of piperidine rings is 1. The zero-order chi connectivity index (χ0) is 17.2. The smallest absolute Gasteiger partial charge is 0.246 e. The molecule has 0 N–H and O–H groups in total. The molecule has 1 aromatic carbocycles. The number of hydrogen-bond donors (Lipinski definition) is 0. The standard InChI is InChI=1S/C18H23NO3S2/c1-3-14-4-5-17(22-2)18(12-14)24(20,21)19-9-6-15(7-10-19)16-8-11-23-13-16/h4-5,8,11-13,15H,3,6-7,9-10H2,1-2H3. The van der Waals surface area contributed by atoms with Crippen molar-refractivity contribution in [1.29, 1.82) is 0 Å². The van der Waals surface area contributed by atoms with Gasteiger partial charge >= 0.3 is 0 Å². The molecule has 6 heteroatoms. The molecule has 0 spiro atoms. The minimum atomic E-state index is -3.52. The molecule has 0 radical (unpaired) electrons. The van der Waals surface area contributed by atoms with Crippen LogP contribution in [0, 0.1) is 0 Å². The molecule has 1 aliphatic heterocycles. The van der Waals surface area contributed by atoms with Crippen molar-refractivity contribution in [3.8, 4) is 5.75 Å². The molecular weight excluding hydrogens is 342 g/mol. The predicted molar refractivity (Wildman–Crippen MR) is 97.4 cm³/mol. The Bertz CT molecular complexity index is 777. The summed E-state index contributed by atoms with van der Waals surface area (Å²) in [4.78, 5) is 0.290. The van der Waals surface area contributed by atoms with Gasteiger partial charge in [0.25, 0.3) is 0 Å². The molecule has 0 saturated carbocycles. The van der Waals surface area contributed by atoms with Gasteiger partial charge in [0, 0.05) is 13.1 Å². The maximum Gasteiger partial charge on any atom is 0.246 e. The van der Waals surface area contributed by atoms with E-state index in [0.29, 0.717) is 29.7 Å². The molecule has 3 rings (SSSR count). The fourth-order valence-corrected chi connectivity index (χ4v) is 5.64. The van der Waals surface area contributed by atoms with E-state index in [1.165, 1.54) is 12.7 Å². The third kappa shape index (κ3) is 3.36. The lowest BCUT2D eigenvalue weighted by Gasteiger charge is -2.31. The molecule has 2 aromatic rings. The van der Waals surface area contributed by atoms with E-state index in [4.69, 9.17) is 4.74 Å². The SMILES string of the molecule is CCc1ccc(OC)c(S(=O)(=O)N2CCC(c3ccsc3)CC2)c1. The van der Waals surface area contributed by atoms with Crippen LogP contribution in [-0.2, 0) is 16.4 Å². The van der Waals surface area contributed by atoms with E-state index in [-0.39, 0.29) is 0 Å². The van der Waals surface area contributed by atoms with Crippen molar-refractivity contribution in [1.82, 2.24) is 4.31 Å². The molecule has 0 aliphatic carbocycles. The number of hydrogen-bond acceptors (Lipinski definition) is 4. The highest BCUT2D eigenvalue weighted by atomic mass is 32.2. The van der Waals surface area contributed by atoms with E-state index in [9.17, 15) is 8.42 Å². The van der Waals surface area contributed by atoms with Crippen LogP contribution in [0.1, 0.15) is 36.8 Å². The highest BCUT2D eigenvalue weighted by molar-refractivity contribution is 7.89. The summed E-state index contributed by atoms with van der Waals surface area (Å²) in [6.45, 7) is 3.13. The summed E-state index contributed by atoms with van der Waals surface area (Å²) < 4.78 is 33.1. The molecule has 0 atom stereocenters. The van der Waals surface area contributed by atoms with Gasteiger partial charge in [0.15, 0.2) is 0 Å². The number of benzene rings is 1. The minimum Gasteiger partial charge on any atom is -0.495 e. The van der Waals surface area contributed by atoms with E-state index >= 15 is 0 Å². The summed E-state index contributed by atoms with van der Waals surface area (Å²) in [5, 5.41) is 4.25. The molecule has 1 saturated heterocycles. The van der Waals surface area contributed by atoms with Crippen molar-refractivity contribution in [2.45, 2.75) is 37.0 Å². The van der Waals surface area contributed by atoms with Gasteiger partial charge in [-0.15, -0.1) is 0 Å². The van der Waals surface area contributed by atoms with Crippen LogP contribution in [0.3, 0.4) is 0 Å². The van der Waals surface area contributed by atoms with Crippen molar-refractivity contribution in [3.63, 3.8) is 0 Å². The Labute approximate surface area is 148 Å². The average Bonchev–Trinajstić information content (AvgIpc) is 3.16. The highest BCUT2D eigenvalue weighted by Crippen LogP contribution is 2.34. The van der Waals surface area contributed by atoms with E-state index in [2.05, 4.69) is 16.8 Å². The van der Waals surface area contributed by atoms with Gasteiger partial charge in [-0.2, -0.15) is 15.6 Å². The Balaban J connectivity index is 1.82. The second kappa shape index (κ2) is 7.25. The van der Waals surface area contributed by atoms with Gasteiger partial charge < -0.3 is 4.74 Å². The fraction of sp³-hybridized carbons (Fsp3) is 0.444. The van der Waals surface area contributed by atoms with E-state index in [0.717, 1.165) is 24.8 Å². The van der Waals surface area contributed by atoms with Crippen LogP contribution in [0.2, 0.25) is 0 Å². The topological polar surface area (TPSA) is 46.6 Å². The Morgan fingerprint density at radius 1 is 1.25 bits per heavy atom. The summed E-state index contributed by atoms with van der Waals surface area (Å²) in [6.07, 6.45) is 2.53. The van der Waals surface area contributed by atoms with E-state index in [1.807, 2.05) is 13.0 Å². The van der Waals surface area contributed by atoms with Gasteiger partial charge in [0.05, 0.1) is 7.11 Å². The quantitative estimate of drug-likeness (QED) is 0.808. The van der Waals surface area contributed by atoms with E-state index in [1.54, 1.807) is 27.8 Å². The first kappa shape index (κ1) is 17.5. The minimum absolute atomic E-state index is 0.290. The fourth-order valence-electron chi connectivity index (χ4n) is 3.22. The zero-order valence-corrected chi connectivity index (χ0v) is 15.7. The van der Waals surface area contributed by atoms with Gasteiger partial charge in [0.2, 0.25) is 10.0 Å². The maximum absolute atomic E-state index is 13.1. The number of rotatable bonds is 5. The number of sulfonamides is 1. The van der Waals surface area contributed by atoms with Crippen LogP contribution >= 0.6 is 11.3 Å². The van der Waals surface area contributed by atoms with Crippen LogP contribution < -0.4 is 4.74 Å². The van der Waals surface area contributed by atoms with Crippen molar-refractivity contribution in [2.75, 3.05) is 20.2 Å². The third-order valence-corrected chi connectivity index (χ3v) is 7.34. The molecule has 4 nitrogen and oxygen atoms in total. The first-order chi connectivity index (χ1) is 11.6. The van der Waals surface area contributed by atoms with Crippen molar-refractivity contribution < 1.29 is 13.2 Å². The summed E-state index contributed by atoms with van der Waals surface area (Å²) in [7, 11) is -2.00. The second-order valence-electron chi connectivity index (χ2n) is 6.07. The van der Waals surface area contributed by atoms with Crippen LogP contribution in [0.25, 0.3) is 0 Å². The molecule has 0 bridgehead atoms. The van der Waals surface area contributed by atoms with Gasteiger partial charge in [-0.3, -0.25) is 0 Å². The van der Waals surface area contributed by atoms with Crippen LogP contribution in [0.5, 0.6) is 5.75 Å². The average molecular weight is 366 g/mol. The van der Waals surface area contributed by atoms with Crippen LogP contribution in [0.15, 0.2) is 39.9 Å². The first-order valence-corrected chi connectivity index (χ1v) is 10.6. The molecule has 1 aromatic heterocycles. The lowest BCUT2D eigenvalue weighted by molar-refractivity contribution is 0.317. The molecular formula is C18H23NO3S2. The number of ether oxygens (including phenoxy) is 1. The van der Waals surface area contributed by atoms with Gasteiger partial charge in [-0.25, -0.2) is 8.42 Å². The highest BCUT2D eigenvalue weighted by Gasteiger charge is 2.32. The lowest BCUT2D eigenvalue weighted by Crippen LogP contribution is -2.38. The number of thiophene rings is 1. The maximum atomic E-state index is 13.1. The van der Waals surface area contributed by atoms with E-state index < -0.39 is 10.0 Å². The van der Waals surface area contributed by atoms with Gasteiger partial charge in [-0.05, 0) is 65.3 Å². The van der Waals surface area contributed by atoms with Gasteiger partial charge in [-0.1, -0.05) is 13.0 Å². The first-order valence-electron chi connectivity index (χ1n) is 8.25. The zero-order valence-electron chi connectivity index (χ0n) is 14.1. The number of aryl methyl sites for hydroxylation is 1. The summed E-state index contributed by atoms with van der Waals surface area (Å²) in [5.41, 5.74) is 2.34. The van der Waals surface area contributed by atoms with Gasteiger partial charge in [0.1, 0.15) is 10.6 Å². The molecule has 0 unspecified atom stereocenters. The van der Waals surface area contributed by atoms with Crippen LogP contribution in [-0.4, -0.2) is 32.9 Å². The number of methoxy groups -OCH3 is 1. The Kier molecular flexibility index (Phi) is 5.27. The number of nitrogens with zero attached hydrogens (tertiary/aromatic N) is 1. The molecule has 0 amide bonds. The molecule has 1 aliphatic rings.